The Morgan fingerprint density at radius 1 is 1.14 bits per heavy atom. The highest BCUT2D eigenvalue weighted by Crippen LogP contribution is 2.15. The second-order valence-electron chi connectivity index (χ2n) is 3.21. The van der Waals surface area contributed by atoms with Gasteiger partial charge >= 0.3 is 0 Å². The predicted molar refractivity (Wildman–Crippen MR) is 57.6 cm³/mol. The van der Waals surface area contributed by atoms with E-state index < -0.39 is 0 Å². The maximum atomic E-state index is 5.50. The van der Waals surface area contributed by atoms with Crippen molar-refractivity contribution < 1.29 is 9.47 Å². The van der Waals surface area contributed by atoms with Crippen molar-refractivity contribution in [1.29, 1.82) is 0 Å². The van der Waals surface area contributed by atoms with Gasteiger partial charge in [-0.3, -0.25) is 0 Å². The third-order valence-corrected chi connectivity index (χ3v) is 1.78. The van der Waals surface area contributed by atoms with Gasteiger partial charge in [-0.2, -0.15) is 0 Å². The van der Waals surface area contributed by atoms with E-state index in [9.17, 15) is 0 Å². The summed E-state index contributed by atoms with van der Waals surface area (Å²) in [6, 6.07) is 6.15. The monoisotopic (exact) mass is 192 g/mol. The van der Waals surface area contributed by atoms with Crippen LogP contribution in [0.4, 0.5) is 0 Å². The Labute approximate surface area is 85.2 Å². The molecule has 0 bridgehead atoms. The standard InChI is InChI=1S/C12H16O2/c1-4-13-5-6-14-12-8-10(2)7-11(3)9-12/h4,7-9H,1,5-6H2,2-3H3. The van der Waals surface area contributed by atoms with Crippen LogP contribution < -0.4 is 4.74 Å². The van der Waals surface area contributed by atoms with Crippen LogP contribution in [-0.4, -0.2) is 13.2 Å². The quantitative estimate of drug-likeness (QED) is 0.527. The maximum absolute atomic E-state index is 5.50. The highest BCUT2D eigenvalue weighted by Gasteiger charge is 1.96. The molecule has 0 N–H and O–H groups in total. The van der Waals surface area contributed by atoms with Gasteiger partial charge in [0.15, 0.2) is 0 Å². The van der Waals surface area contributed by atoms with Gasteiger partial charge in [0, 0.05) is 0 Å². The Kier molecular flexibility index (Phi) is 4.05. The van der Waals surface area contributed by atoms with Crippen LogP contribution in [0.15, 0.2) is 31.0 Å². The van der Waals surface area contributed by atoms with E-state index in [4.69, 9.17) is 9.47 Å². The smallest absolute Gasteiger partial charge is 0.122 e. The highest BCUT2D eigenvalue weighted by molar-refractivity contribution is 5.32. The fraction of sp³-hybridized carbons (Fsp3) is 0.333. The zero-order chi connectivity index (χ0) is 10.4. The summed E-state index contributed by atoms with van der Waals surface area (Å²) in [7, 11) is 0. The van der Waals surface area contributed by atoms with Crippen LogP contribution in [0.3, 0.4) is 0 Å². The van der Waals surface area contributed by atoms with E-state index in [0.717, 1.165) is 5.75 Å². The minimum absolute atomic E-state index is 0.538. The summed E-state index contributed by atoms with van der Waals surface area (Å²) >= 11 is 0. The van der Waals surface area contributed by atoms with E-state index in [2.05, 4.69) is 26.5 Å². The molecule has 1 aromatic rings. The van der Waals surface area contributed by atoms with Gasteiger partial charge in [0.2, 0.25) is 0 Å². The first-order valence-corrected chi connectivity index (χ1v) is 4.66. The Bertz CT molecular complexity index is 285. The third kappa shape index (κ3) is 3.52. The molecule has 0 amide bonds. The van der Waals surface area contributed by atoms with Crippen LogP contribution in [0.5, 0.6) is 5.75 Å². The summed E-state index contributed by atoms with van der Waals surface area (Å²) in [4.78, 5) is 0. The van der Waals surface area contributed by atoms with E-state index in [0.29, 0.717) is 13.2 Å². The van der Waals surface area contributed by atoms with Crippen LogP contribution in [0.25, 0.3) is 0 Å². The molecular formula is C12H16O2. The molecule has 0 spiro atoms. The lowest BCUT2D eigenvalue weighted by Gasteiger charge is -2.07. The number of aryl methyl sites for hydroxylation is 2. The molecule has 14 heavy (non-hydrogen) atoms. The molecule has 1 rings (SSSR count). The lowest BCUT2D eigenvalue weighted by Crippen LogP contribution is -2.04. The van der Waals surface area contributed by atoms with Crippen molar-refractivity contribution in [3.05, 3.63) is 42.2 Å². The van der Waals surface area contributed by atoms with E-state index in [1.807, 2.05) is 12.1 Å². The molecular weight excluding hydrogens is 176 g/mol. The lowest BCUT2D eigenvalue weighted by molar-refractivity contribution is 0.179. The molecule has 0 aliphatic rings. The Morgan fingerprint density at radius 3 is 2.36 bits per heavy atom. The molecule has 2 nitrogen and oxygen atoms in total. The molecule has 0 fully saturated rings. The van der Waals surface area contributed by atoms with Crippen molar-refractivity contribution in [2.24, 2.45) is 0 Å². The second-order valence-corrected chi connectivity index (χ2v) is 3.21. The van der Waals surface area contributed by atoms with Crippen molar-refractivity contribution in [3.63, 3.8) is 0 Å². The van der Waals surface area contributed by atoms with Gasteiger partial charge in [-0.25, -0.2) is 0 Å². The molecule has 0 saturated carbocycles. The van der Waals surface area contributed by atoms with Crippen molar-refractivity contribution in [1.82, 2.24) is 0 Å². The van der Waals surface area contributed by atoms with Crippen LogP contribution in [0.2, 0.25) is 0 Å². The number of ether oxygens (including phenoxy) is 2. The van der Waals surface area contributed by atoms with Crippen LogP contribution >= 0.6 is 0 Å². The molecule has 0 aliphatic heterocycles. The van der Waals surface area contributed by atoms with Crippen LogP contribution in [0, 0.1) is 13.8 Å². The Balaban J connectivity index is 2.46. The van der Waals surface area contributed by atoms with Gasteiger partial charge in [-0.05, 0) is 37.1 Å². The topological polar surface area (TPSA) is 18.5 Å². The van der Waals surface area contributed by atoms with Crippen LogP contribution in [-0.2, 0) is 4.74 Å². The average Bonchev–Trinajstić information content (AvgIpc) is 2.11. The maximum Gasteiger partial charge on any atom is 0.122 e. The summed E-state index contributed by atoms with van der Waals surface area (Å²) in [5.74, 6) is 0.898. The summed E-state index contributed by atoms with van der Waals surface area (Å²) in [5.41, 5.74) is 2.43. The van der Waals surface area contributed by atoms with Crippen molar-refractivity contribution in [3.8, 4) is 5.75 Å². The summed E-state index contributed by atoms with van der Waals surface area (Å²) < 4.78 is 10.5. The van der Waals surface area contributed by atoms with Gasteiger partial charge in [0.1, 0.15) is 19.0 Å². The molecule has 0 aromatic heterocycles. The van der Waals surface area contributed by atoms with Crippen molar-refractivity contribution in [2.75, 3.05) is 13.2 Å². The highest BCUT2D eigenvalue weighted by atomic mass is 16.5. The number of hydrogen-bond acceptors (Lipinski definition) is 2. The first kappa shape index (κ1) is 10.6. The van der Waals surface area contributed by atoms with Gasteiger partial charge in [0.25, 0.3) is 0 Å². The normalized spacial score (nSPS) is 9.57. The van der Waals surface area contributed by atoms with Gasteiger partial charge < -0.3 is 9.47 Å². The fourth-order valence-electron chi connectivity index (χ4n) is 1.31. The third-order valence-electron chi connectivity index (χ3n) is 1.78. The zero-order valence-corrected chi connectivity index (χ0v) is 8.75. The summed E-state index contributed by atoms with van der Waals surface area (Å²) in [6.45, 7) is 8.66. The SMILES string of the molecule is C=COCCOc1cc(C)cc(C)c1. The summed E-state index contributed by atoms with van der Waals surface area (Å²) in [6.07, 6.45) is 1.42. The largest absolute Gasteiger partial charge is 0.498 e. The first-order valence-electron chi connectivity index (χ1n) is 4.66. The summed E-state index contributed by atoms with van der Waals surface area (Å²) in [5, 5.41) is 0. The molecule has 0 heterocycles. The molecule has 0 radical (unpaired) electrons. The van der Waals surface area contributed by atoms with Gasteiger partial charge in [0.05, 0.1) is 6.26 Å². The first-order chi connectivity index (χ1) is 6.72. The number of hydrogen-bond donors (Lipinski definition) is 0. The predicted octanol–water partition coefficient (Wildman–Crippen LogP) is 2.84. The van der Waals surface area contributed by atoms with E-state index >= 15 is 0 Å². The van der Waals surface area contributed by atoms with Gasteiger partial charge in [-0.15, -0.1) is 0 Å². The van der Waals surface area contributed by atoms with Crippen molar-refractivity contribution >= 4 is 0 Å². The number of rotatable bonds is 5. The van der Waals surface area contributed by atoms with E-state index in [-0.39, 0.29) is 0 Å². The van der Waals surface area contributed by atoms with E-state index in [1.165, 1.54) is 17.4 Å². The Hall–Kier alpha value is -1.44. The average molecular weight is 192 g/mol. The fourth-order valence-corrected chi connectivity index (χ4v) is 1.31. The number of benzene rings is 1. The molecule has 0 aliphatic carbocycles. The second kappa shape index (κ2) is 5.32. The zero-order valence-electron chi connectivity index (χ0n) is 8.75. The van der Waals surface area contributed by atoms with Crippen LogP contribution in [0.1, 0.15) is 11.1 Å². The van der Waals surface area contributed by atoms with Gasteiger partial charge in [-0.1, -0.05) is 12.6 Å². The molecule has 0 atom stereocenters. The van der Waals surface area contributed by atoms with E-state index in [1.54, 1.807) is 0 Å². The minimum atomic E-state index is 0.538. The molecule has 76 valence electrons. The molecule has 1 aromatic carbocycles. The molecule has 0 saturated heterocycles. The molecule has 0 unspecified atom stereocenters. The minimum Gasteiger partial charge on any atom is -0.498 e. The molecule has 2 heteroatoms. The van der Waals surface area contributed by atoms with Crippen molar-refractivity contribution in [2.45, 2.75) is 13.8 Å². The lowest BCUT2D eigenvalue weighted by atomic mass is 10.1. The Morgan fingerprint density at radius 2 is 1.79 bits per heavy atom.